The van der Waals surface area contributed by atoms with E-state index in [4.69, 9.17) is 4.74 Å². The molecular weight excluding hydrogens is 252 g/mol. The minimum absolute atomic E-state index is 0.267. The fraction of sp³-hybridized carbons (Fsp3) is 0.438. The summed E-state index contributed by atoms with van der Waals surface area (Å²) in [7, 11) is 1.44. The van der Waals surface area contributed by atoms with E-state index >= 15 is 0 Å². The zero-order valence-corrected chi connectivity index (χ0v) is 11.5. The Morgan fingerprint density at radius 3 is 3.15 bits per heavy atom. The van der Waals surface area contributed by atoms with Crippen LogP contribution >= 0.6 is 0 Å². The summed E-state index contributed by atoms with van der Waals surface area (Å²) < 4.78 is 4.92. The SMILES string of the molecule is COC(=O)c1[nH]c2cccc3c2c1C[C@H]1NCCCC31. The third kappa shape index (κ3) is 1.54. The highest BCUT2D eigenvalue weighted by Gasteiger charge is 2.35. The van der Waals surface area contributed by atoms with Crippen LogP contribution in [-0.2, 0) is 11.2 Å². The standard InChI is InChI=1S/C16H18N2O2/c1-20-16(19)15-11-8-13-9(5-3-7-17-13)10-4-2-6-12(18-15)14(10)11/h2,4,6,9,13,17-18H,3,5,7-8H2,1H3/t9?,13-/m1/s1. The van der Waals surface area contributed by atoms with Crippen LogP contribution in [0.1, 0.15) is 40.4 Å². The smallest absolute Gasteiger partial charge is 0.354 e. The van der Waals surface area contributed by atoms with Crippen LogP contribution < -0.4 is 5.32 Å². The molecule has 1 unspecified atom stereocenters. The van der Waals surface area contributed by atoms with Gasteiger partial charge in [-0.25, -0.2) is 4.79 Å². The van der Waals surface area contributed by atoms with Crippen molar-refractivity contribution in [2.45, 2.75) is 31.2 Å². The van der Waals surface area contributed by atoms with E-state index in [1.165, 1.54) is 30.9 Å². The first kappa shape index (κ1) is 12.0. The van der Waals surface area contributed by atoms with Gasteiger partial charge >= 0.3 is 5.97 Å². The number of carbonyl (C=O) groups excluding carboxylic acids is 1. The van der Waals surface area contributed by atoms with Gasteiger partial charge in [0.05, 0.1) is 7.11 Å². The van der Waals surface area contributed by atoms with Crippen molar-refractivity contribution in [3.8, 4) is 0 Å². The van der Waals surface area contributed by atoms with E-state index in [-0.39, 0.29) is 5.97 Å². The average molecular weight is 270 g/mol. The molecule has 1 aromatic carbocycles. The van der Waals surface area contributed by atoms with Crippen LogP contribution in [0.25, 0.3) is 10.9 Å². The molecule has 0 radical (unpaired) electrons. The summed E-state index contributed by atoms with van der Waals surface area (Å²) in [6.45, 7) is 1.07. The number of H-pyrrole nitrogens is 1. The first-order valence-electron chi connectivity index (χ1n) is 7.24. The summed E-state index contributed by atoms with van der Waals surface area (Å²) in [5, 5.41) is 4.86. The Kier molecular flexibility index (Phi) is 2.60. The molecule has 2 atom stereocenters. The van der Waals surface area contributed by atoms with Gasteiger partial charge in [-0.15, -0.1) is 0 Å². The lowest BCUT2D eigenvalue weighted by Crippen LogP contribution is -2.43. The van der Waals surface area contributed by atoms with E-state index in [0.29, 0.717) is 17.7 Å². The number of nitrogens with one attached hydrogen (secondary N) is 2. The summed E-state index contributed by atoms with van der Waals surface area (Å²) in [6.07, 6.45) is 3.36. The van der Waals surface area contributed by atoms with E-state index in [9.17, 15) is 4.79 Å². The monoisotopic (exact) mass is 270 g/mol. The number of hydrogen-bond donors (Lipinski definition) is 2. The second-order valence-electron chi connectivity index (χ2n) is 5.75. The first-order valence-corrected chi connectivity index (χ1v) is 7.24. The maximum atomic E-state index is 12.0. The first-order chi connectivity index (χ1) is 9.79. The number of benzene rings is 1. The number of aromatic amines is 1. The molecule has 1 aliphatic carbocycles. The quantitative estimate of drug-likeness (QED) is 0.782. The van der Waals surface area contributed by atoms with Crippen molar-refractivity contribution in [2.75, 3.05) is 13.7 Å². The highest BCUT2D eigenvalue weighted by atomic mass is 16.5. The predicted octanol–water partition coefficient (Wildman–Crippen LogP) is 2.35. The number of piperidine rings is 1. The number of methoxy groups -OCH3 is 1. The molecule has 4 heteroatoms. The number of ether oxygens (including phenoxy) is 1. The van der Waals surface area contributed by atoms with Crippen LogP contribution in [0.4, 0.5) is 0 Å². The van der Waals surface area contributed by atoms with E-state index in [0.717, 1.165) is 24.0 Å². The normalized spacial score (nSPS) is 24.4. The lowest BCUT2D eigenvalue weighted by molar-refractivity contribution is 0.0593. The van der Waals surface area contributed by atoms with Gasteiger partial charge in [-0.2, -0.15) is 0 Å². The number of rotatable bonds is 1. The van der Waals surface area contributed by atoms with E-state index in [1.54, 1.807) is 0 Å². The zero-order valence-electron chi connectivity index (χ0n) is 11.5. The van der Waals surface area contributed by atoms with Crippen molar-refractivity contribution in [2.24, 2.45) is 0 Å². The van der Waals surface area contributed by atoms with Crippen molar-refractivity contribution in [1.29, 1.82) is 0 Å². The van der Waals surface area contributed by atoms with Gasteiger partial charge in [-0.05, 0) is 43.0 Å². The van der Waals surface area contributed by atoms with Crippen molar-refractivity contribution in [3.63, 3.8) is 0 Å². The van der Waals surface area contributed by atoms with E-state index in [2.05, 4.69) is 22.4 Å². The maximum Gasteiger partial charge on any atom is 0.354 e. The third-order valence-electron chi connectivity index (χ3n) is 4.76. The summed E-state index contributed by atoms with van der Waals surface area (Å²) in [5.74, 6) is 0.303. The molecule has 1 fully saturated rings. The average Bonchev–Trinajstić information content (AvgIpc) is 2.87. The van der Waals surface area contributed by atoms with Crippen LogP contribution in [0.15, 0.2) is 18.2 Å². The van der Waals surface area contributed by atoms with Crippen molar-refractivity contribution < 1.29 is 9.53 Å². The molecule has 2 heterocycles. The Bertz CT molecular complexity index is 689. The van der Waals surface area contributed by atoms with Gasteiger partial charge in [0.25, 0.3) is 0 Å². The predicted molar refractivity (Wildman–Crippen MR) is 77.1 cm³/mol. The topological polar surface area (TPSA) is 54.1 Å². The van der Waals surface area contributed by atoms with Crippen LogP contribution in [0.2, 0.25) is 0 Å². The molecule has 0 saturated carbocycles. The van der Waals surface area contributed by atoms with Gasteiger partial charge in [0.15, 0.2) is 0 Å². The number of aromatic nitrogens is 1. The number of fused-ring (bicyclic) bond motifs is 2. The Hall–Kier alpha value is -1.81. The number of hydrogen-bond acceptors (Lipinski definition) is 3. The summed E-state index contributed by atoms with van der Waals surface area (Å²) in [5.41, 5.74) is 4.19. The number of carbonyl (C=O) groups is 1. The molecule has 2 N–H and O–H groups in total. The zero-order chi connectivity index (χ0) is 13.7. The highest BCUT2D eigenvalue weighted by Crippen LogP contribution is 2.41. The molecule has 2 aliphatic rings. The molecule has 0 bridgehead atoms. The molecule has 0 spiro atoms. The lowest BCUT2D eigenvalue weighted by Gasteiger charge is -2.36. The summed E-state index contributed by atoms with van der Waals surface area (Å²) in [6, 6.07) is 6.78. The molecule has 4 rings (SSSR count). The van der Waals surface area contributed by atoms with Gasteiger partial charge in [0, 0.05) is 22.9 Å². The van der Waals surface area contributed by atoms with Crippen LogP contribution in [0.3, 0.4) is 0 Å². The minimum Gasteiger partial charge on any atom is -0.464 e. The number of esters is 1. The minimum atomic E-state index is -0.267. The second kappa shape index (κ2) is 4.35. The van der Waals surface area contributed by atoms with Gasteiger partial charge in [0.2, 0.25) is 0 Å². The molecule has 2 aromatic rings. The van der Waals surface area contributed by atoms with Gasteiger partial charge in [-0.3, -0.25) is 0 Å². The summed E-state index contributed by atoms with van der Waals surface area (Å²) in [4.78, 5) is 15.2. The van der Waals surface area contributed by atoms with Crippen molar-refractivity contribution >= 4 is 16.9 Å². The second-order valence-corrected chi connectivity index (χ2v) is 5.75. The molecule has 1 aromatic heterocycles. The van der Waals surface area contributed by atoms with E-state index in [1.807, 2.05) is 6.07 Å². The lowest BCUT2D eigenvalue weighted by atomic mass is 9.75. The molecular formula is C16H18N2O2. The van der Waals surface area contributed by atoms with Crippen molar-refractivity contribution in [1.82, 2.24) is 10.3 Å². The Labute approximate surface area is 117 Å². The Morgan fingerprint density at radius 1 is 1.40 bits per heavy atom. The van der Waals surface area contributed by atoms with Crippen LogP contribution in [0, 0.1) is 0 Å². The fourth-order valence-electron chi connectivity index (χ4n) is 3.90. The molecule has 1 aliphatic heterocycles. The third-order valence-corrected chi connectivity index (χ3v) is 4.76. The van der Waals surface area contributed by atoms with Crippen LogP contribution in [0.5, 0.6) is 0 Å². The Balaban J connectivity index is 1.96. The fourth-order valence-corrected chi connectivity index (χ4v) is 3.90. The van der Waals surface area contributed by atoms with Crippen LogP contribution in [-0.4, -0.2) is 30.6 Å². The highest BCUT2D eigenvalue weighted by molar-refractivity contribution is 6.00. The van der Waals surface area contributed by atoms with Crippen molar-refractivity contribution in [3.05, 3.63) is 35.0 Å². The largest absolute Gasteiger partial charge is 0.464 e. The summed E-state index contributed by atoms with van der Waals surface area (Å²) >= 11 is 0. The van der Waals surface area contributed by atoms with E-state index < -0.39 is 0 Å². The molecule has 20 heavy (non-hydrogen) atoms. The molecule has 104 valence electrons. The van der Waals surface area contributed by atoms with Gasteiger partial charge in [0.1, 0.15) is 5.69 Å². The van der Waals surface area contributed by atoms with Gasteiger partial charge < -0.3 is 15.0 Å². The van der Waals surface area contributed by atoms with Gasteiger partial charge in [-0.1, -0.05) is 12.1 Å². The molecule has 1 saturated heterocycles. The molecule has 0 amide bonds. The molecule has 4 nitrogen and oxygen atoms in total. The maximum absolute atomic E-state index is 12.0. The Morgan fingerprint density at radius 2 is 2.30 bits per heavy atom.